The fourth-order valence-electron chi connectivity index (χ4n) is 3.97. The summed E-state index contributed by atoms with van der Waals surface area (Å²) >= 11 is 1.41. The Labute approximate surface area is 173 Å². The van der Waals surface area contributed by atoms with Gasteiger partial charge in [0.15, 0.2) is 5.17 Å². The molecule has 1 atom stereocenters. The Morgan fingerprint density at radius 2 is 2.07 bits per heavy atom. The summed E-state index contributed by atoms with van der Waals surface area (Å²) < 4.78 is 19.0. The van der Waals surface area contributed by atoms with E-state index in [9.17, 15) is 14.0 Å². The summed E-state index contributed by atoms with van der Waals surface area (Å²) in [6.07, 6.45) is 2.26. The number of esters is 1. The van der Waals surface area contributed by atoms with Gasteiger partial charge < -0.3 is 14.5 Å². The standard InChI is InChI=1S/C21H22FN3O3S/c1-13-18(20(27)28-2)19(14-6-5-7-15(22)10-14)25-16(12-29-21(25)23-13)11-17(26)24-8-3-4-9-24/h5-7,10,12,19H,3-4,8-9,11H2,1-2H3. The summed E-state index contributed by atoms with van der Waals surface area (Å²) in [6, 6.07) is 5.56. The number of rotatable bonds is 4. The van der Waals surface area contributed by atoms with Gasteiger partial charge in [0.2, 0.25) is 5.91 Å². The minimum absolute atomic E-state index is 0.0551. The highest BCUT2D eigenvalue weighted by molar-refractivity contribution is 8.16. The molecule has 8 heteroatoms. The molecule has 1 amide bonds. The molecule has 0 aliphatic carbocycles. The molecule has 1 aromatic rings. The van der Waals surface area contributed by atoms with Gasteiger partial charge in [0.25, 0.3) is 0 Å². The van der Waals surface area contributed by atoms with Crippen molar-refractivity contribution in [3.05, 3.63) is 58.0 Å². The average molecular weight is 415 g/mol. The van der Waals surface area contributed by atoms with Gasteiger partial charge in [-0.05, 0) is 42.9 Å². The zero-order valence-corrected chi connectivity index (χ0v) is 17.2. The molecule has 152 valence electrons. The topological polar surface area (TPSA) is 62.2 Å². The highest BCUT2D eigenvalue weighted by atomic mass is 32.2. The lowest BCUT2D eigenvalue weighted by atomic mass is 9.94. The smallest absolute Gasteiger partial charge is 0.338 e. The highest BCUT2D eigenvalue weighted by Crippen LogP contribution is 2.45. The third kappa shape index (κ3) is 3.69. The second kappa shape index (κ2) is 8.02. The zero-order chi connectivity index (χ0) is 20.5. The van der Waals surface area contributed by atoms with Crippen LogP contribution in [0.3, 0.4) is 0 Å². The maximum absolute atomic E-state index is 14.0. The van der Waals surface area contributed by atoms with E-state index >= 15 is 0 Å². The average Bonchev–Trinajstić information content (AvgIpc) is 3.37. The van der Waals surface area contributed by atoms with Crippen molar-refractivity contribution in [2.75, 3.05) is 20.2 Å². The predicted octanol–water partition coefficient (Wildman–Crippen LogP) is 3.59. The first-order valence-electron chi connectivity index (χ1n) is 9.55. The number of aliphatic imine (C=N–C) groups is 1. The normalized spacial score (nSPS) is 21.1. The molecule has 1 unspecified atom stereocenters. The number of amidine groups is 1. The first-order chi connectivity index (χ1) is 14.0. The number of likely N-dealkylation sites (tertiary alicyclic amines) is 1. The molecule has 3 heterocycles. The van der Waals surface area contributed by atoms with Crippen molar-refractivity contribution in [3.8, 4) is 0 Å². The number of hydrogen-bond donors (Lipinski definition) is 0. The Balaban J connectivity index is 1.72. The molecule has 0 spiro atoms. The van der Waals surface area contributed by atoms with Crippen molar-refractivity contribution in [1.82, 2.24) is 9.80 Å². The van der Waals surface area contributed by atoms with Gasteiger partial charge in [0, 0.05) is 18.8 Å². The molecule has 3 aliphatic heterocycles. The zero-order valence-electron chi connectivity index (χ0n) is 16.4. The first kappa shape index (κ1) is 19.7. The number of carbonyl (C=O) groups excluding carboxylic acids is 2. The van der Waals surface area contributed by atoms with Crippen molar-refractivity contribution < 1.29 is 18.7 Å². The maximum Gasteiger partial charge on any atom is 0.338 e. The van der Waals surface area contributed by atoms with Crippen molar-refractivity contribution in [2.24, 2.45) is 4.99 Å². The van der Waals surface area contributed by atoms with Crippen LogP contribution in [-0.2, 0) is 14.3 Å². The number of hydrogen-bond acceptors (Lipinski definition) is 6. The van der Waals surface area contributed by atoms with Gasteiger partial charge in [0.05, 0.1) is 30.8 Å². The Morgan fingerprint density at radius 1 is 1.31 bits per heavy atom. The summed E-state index contributed by atoms with van der Waals surface area (Å²) in [6.45, 7) is 3.30. The minimum atomic E-state index is -0.599. The lowest BCUT2D eigenvalue weighted by molar-refractivity contribution is -0.136. The predicted molar refractivity (Wildman–Crippen MR) is 109 cm³/mol. The van der Waals surface area contributed by atoms with Gasteiger partial charge in [0.1, 0.15) is 5.82 Å². The fourth-order valence-corrected chi connectivity index (χ4v) is 4.93. The molecule has 0 saturated carbocycles. The van der Waals surface area contributed by atoms with Gasteiger partial charge in [-0.2, -0.15) is 0 Å². The lowest BCUT2D eigenvalue weighted by Crippen LogP contribution is -2.38. The van der Waals surface area contributed by atoms with Crippen LogP contribution in [-0.4, -0.2) is 47.0 Å². The van der Waals surface area contributed by atoms with Gasteiger partial charge in [-0.25, -0.2) is 14.2 Å². The van der Waals surface area contributed by atoms with Gasteiger partial charge >= 0.3 is 5.97 Å². The molecule has 1 saturated heterocycles. The number of nitrogens with zero attached hydrogens (tertiary/aromatic N) is 3. The lowest BCUT2D eigenvalue weighted by Gasteiger charge is -2.36. The van der Waals surface area contributed by atoms with Crippen LogP contribution >= 0.6 is 11.8 Å². The number of carbonyl (C=O) groups is 2. The largest absolute Gasteiger partial charge is 0.466 e. The second-order valence-electron chi connectivity index (χ2n) is 7.20. The van der Waals surface area contributed by atoms with E-state index in [0.29, 0.717) is 22.0 Å². The van der Waals surface area contributed by atoms with E-state index in [1.165, 1.54) is 31.0 Å². The van der Waals surface area contributed by atoms with Crippen molar-refractivity contribution in [1.29, 1.82) is 0 Å². The molecule has 4 rings (SSSR count). The molecule has 0 N–H and O–H groups in total. The quantitative estimate of drug-likeness (QED) is 0.704. The number of thioether (sulfide) groups is 1. The Kier molecular flexibility index (Phi) is 5.45. The molecule has 3 aliphatic rings. The molecule has 29 heavy (non-hydrogen) atoms. The summed E-state index contributed by atoms with van der Waals surface area (Å²) in [5.74, 6) is -0.847. The molecule has 0 bridgehead atoms. The number of amides is 1. The molecular weight excluding hydrogens is 393 g/mol. The Morgan fingerprint density at radius 3 is 2.76 bits per heavy atom. The number of allylic oxidation sites excluding steroid dienone is 1. The van der Waals surface area contributed by atoms with E-state index in [-0.39, 0.29) is 18.1 Å². The number of halogens is 1. The van der Waals surface area contributed by atoms with Crippen molar-refractivity contribution in [3.63, 3.8) is 0 Å². The van der Waals surface area contributed by atoms with Crippen LogP contribution < -0.4 is 0 Å². The van der Waals surface area contributed by atoms with Gasteiger partial charge in [-0.1, -0.05) is 23.9 Å². The summed E-state index contributed by atoms with van der Waals surface area (Å²) in [5, 5.41) is 2.57. The first-order valence-corrected chi connectivity index (χ1v) is 10.4. The molecular formula is C21H22FN3O3S. The van der Waals surface area contributed by atoms with Crippen LogP contribution in [0.5, 0.6) is 0 Å². The van der Waals surface area contributed by atoms with Crippen LogP contribution in [0.2, 0.25) is 0 Å². The Bertz CT molecular complexity index is 950. The van der Waals surface area contributed by atoms with Crippen molar-refractivity contribution >= 4 is 28.8 Å². The Hall–Kier alpha value is -2.61. The molecule has 6 nitrogen and oxygen atoms in total. The van der Waals surface area contributed by atoms with Crippen LogP contribution in [0.1, 0.15) is 37.8 Å². The molecule has 1 aromatic carbocycles. The molecule has 1 fully saturated rings. The SMILES string of the molecule is COC(=O)C1=C(C)N=C2SC=C(CC(=O)N3CCCC3)N2C1c1cccc(F)c1. The van der Waals surface area contributed by atoms with Crippen molar-refractivity contribution in [2.45, 2.75) is 32.2 Å². The summed E-state index contributed by atoms with van der Waals surface area (Å²) in [4.78, 5) is 33.7. The number of fused-ring (bicyclic) bond motifs is 1. The van der Waals surface area contributed by atoms with E-state index in [1.54, 1.807) is 19.1 Å². The fraction of sp³-hybridized carbons (Fsp3) is 0.381. The third-order valence-corrected chi connectivity index (χ3v) is 6.25. The van der Waals surface area contributed by atoms with Crippen LogP contribution in [0.15, 0.2) is 51.6 Å². The third-order valence-electron chi connectivity index (χ3n) is 5.36. The second-order valence-corrected chi connectivity index (χ2v) is 8.04. The van der Waals surface area contributed by atoms with Crippen LogP contribution in [0.4, 0.5) is 4.39 Å². The van der Waals surface area contributed by atoms with Gasteiger partial charge in [-0.15, -0.1) is 0 Å². The monoisotopic (exact) mass is 415 g/mol. The molecule has 0 radical (unpaired) electrons. The van der Waals surface area contributed by atoms with E-state index < -0.39 is 12.0 Å². The van der Waals surface area contributed by atoms with Crippen LogP contribution in [0.25, 0.3) is 0 Å². The number of benzene rings is 1. The van der Waals surface area contributed by atoms with Gasteiger partial charge in [-0.3, -0.25) is 4.79 Å². The number of methoxy groups -OCH3 is 1. The maximum atomic E-state index is 14.0. The van der Waals surface area contributed by atoms with Crippen LogP contribution in [0, 0.1) is 5.82 Å². The van der Waals surface area contributed by atoms with E-state index in [4.69, 9.17) is 4.74 Å². The summed E-state index contributed by atoms with van der Waals surface area (Å²) in [5.41, 5.74) is 2.25. The minimum Gasteiger partial charge on any atom is -0.466 e. The number of ether oxygens (including phenoxy) is 1. The van der Waals surface area contributed by atoms with E-state index in [1.807, 2.05) is 15.2 Å². The van der Waals surface area contributed by atoms with E-state index in [0.717, 1.165) is 31.6 Å². The highest BCUT2D eigenvalue weighted by Gasteiger charge is 2.41. The van der Waals surface area contributed by atoms with E-state index in [2.05, 4.69) is 4.99 Å². The molecule has 0 aromatic heterocycles. The summed E-state index contributed by atoms with van der Waals surface area (Å²) in [7, 11) is 1.32.